The fraction of sp³-hybridized carbons (Fsp3) is 0.571. The Morgan fingerprint density at radius 1 is 1.30 bits per heavy atom. The summed E-state index contributed by atoms with van der Waals surface area (Å²) >= 11 is 0. The maximum Gasteiger partial charge on any atom is 0.177 e. The minimum atomic E-state index is -3.33. The molecule has 1 aromatic carbocycles. The molecule has 1 unspecified atom stereocenters. The summed E-state index contributed by atoms with van der Waals surface area (Å²) in [6.45, 7) is 3.28. The number of sulfone groups is 1. The van der Waals surface area contributed by atoms with Crippen LogP contribution in [0.15, 0.2) is 23.1 Å². The first-order chi connectivity index (χ1) is 9.21. The molecule has 1 heterocycles. The number of benzene rings is 1. The second kappa shape index (κ2) is 5.26. The third kappa shape index (κ3) is 3.24. The zero-order chi connectivity index (χ0) is 15.0. The van der Waals surface area contributed by atoms with Crippen molar-refractivity contribution in [3.63, 3.8) is 0 Å². The molecule has 20 heavy (non-hydrogen) atoms. The lowest BCUT2D eigenvalue weighted by Crippen LogP contribution is -2.29. The van der Waals surface area contributed by atoms with Crippen molar-refractivity contribution < 1.29 is 13.5 Å². The van der Waals surface area contributed by atoms with Crippen molar-refractivity contribution in [3.8, 4) is 0 Å². The summed E-state index contributed by atoms with van der Waals surface area (Å²) < 4.78 is 23.4. The van der Waals surface area contributed by atoms with Gasteiger partial charge in [-0.05, 0) is 38.3 Å². The molecule has 1 aliphatic rings. The van der Waals surface area contributed by atoms with Crippen LogP contribution >= 0.6 is 0 Å². The zero-order valence-electron chi connectivity index (χ0n) is 12.0. The van der Waals surface area contributed by atoms with Crippen molar-refractivity contribution in [1.29, 1.82) is 0 Å². The lowest BCUT2D eigenvalue weighted by molar-refractivity contribution is 0.0481. The van der Waals surface area contributed by atoms with Crippen LogP contribution in [0.2, 0.25) is 0 Å². The number of nitrogens with two attached hydrogens (primary N) is 1. The predicted octanol–water partition coefficient (Wildman–Crippen LogP) is 1.41. The molecule has 0 bridgehead atoms. The summed E-state index contributed by atoms with van der Waals surface area (Å²) in [5.74, 6) is 0. The van der Waals surface area contributed by atoms with E-state index < -0.39 is 15.4 Å². The van der Waals surface area contributed by atoms with Gasteiger partial charge in [-0.3, -0.25) is 0 Å². The Bertz CT molecular complexity index is 596. The fourth-order valence-corrected chi connectivity index (χ4v) is 3.47. The zero-order valence-corrected chi connectivity index (χ0v) is 12.8. The second-order valence-corrected chi connectivity index (χ2v) is 7.78. The van der Waals surface area contributed by atoms with Gasteiger partial charge in [0, 0.05) is 19.3 Å². The lowest BCUT2D eigenvalue weighted by atomic mass is 9.98. The molecular weight excluding hydrogens is 276 g/mol. The normalized spacial score (nSPS) is 24.4. The van der Waals surface area contributed by atoms with E-state index in [-0.39, 0.29) is 4.90 Å². The molecule has 0 aromatic heterocycles. The molecule has 1 atom stereocenters. The van der Waals surface area contributed by atoms with Gasteiger partial charge in [0.1, 0.15) is 0 Å². The third-order valence-electron chi connectivity index (χ3n) is 3.85. The fourth-order valence-electron chi connectivity index (χ4n) is 2.64. The molecule has 5 nitrogen and oxygen atoms in total. The van der Waals surface area contributed by atoms with Crippen LogP contribution in [0.25, 0.3) is 0 Å². The minimum absolute atomic E-state index is 0.172. The summed E-state index contributed by atoms with van der Waals surface area (Å²) in [7, 11) is -3.33. The van der Waals surface area contributed by atoms with E-state index in [1.807, 2.05) is 13.0 Å². The molecule has 0 aliphatic carbocycles. The SMILES string of the molecule is CC1(O)CCCN(c2cccc(S(C)(=O)=O)c2N)CC1. The van der Waals surface area contributed by atoms with Crippen molar-refractivity contribution in [2.24, 2.45) is 0 Å². The molecule has 112 valence electrons. The van der Waals surface area contributed by atoms with E-state index in [0.29, 0.717) is 18.7 Å². The van der Waals surface area contributed by atoms with E-state index in [2.05, 4.69) is 4.90 Å². The number of nitrogen functional groups attached to an aromatic ring is 1. The van der Waals surface area contributed by atoms with E-state index in [1.165, 1.54) is 6.07 Å². The topological polar surface area (TPSA) is 83.6 Å². The maximum absolute atomic E-state index is 11.7. The highest BCUT2D eigenvalue weighted by atomic mass is 32.2. The highest BCUT2D eigenvalue weighted by Crippen LogP contribution is 2.32. The van der Waals surface area contributed by atoms with Crippen LogP contribution in [0.5, 0.6) is 0 Å². The highest BCUT2D eigenvalue weighted by Gasteiger charge is 2.26. The van der Waals surface area contributed by atoms with Gasteiger partial charge in [0.25, 0.3) is 0 Å². The van der Waals surface area contributed by atoms with Crippen molar-refractivity contribution in [3.05, 3.63) is 18.2 Å². The van der Waals surface area contributed by atoms with Crippen molar-refractivity contribution in [2.75, 3.05) is 30.0 Å². The van der Waals surface area contributed by atoms with E-state index >= 15 is 0 Å². The molecule has 0 saturated carbocycles. The van der Waals surface area contributed by atoms with E-state index in [4.69, 9.17) is 5.73 Å². The first kappa shape index (κ1) is 15.1. The van der Waals surface area contributed by atoms with E-state index in [1.54, 1.807) is 6.07 Å². The van der Waals surface area contributed by atoms with Gasteiger partial charge in [-0.15, -0.1) is 0 Å². The molecule has 1 saturated heterocycles. The van der Waals surface area contributed by atoms with Gasteiger partial charge in [-0.25, -0.2) is 8.42 Å². The van der Waals surface area contributed by atoms with Crippen LogP contribution in [0.4, 0.5) is 11.4 Å². The quantitative estimate of drug-likeness (QED) is 0.807. The molecule has 2 rings (SSSR count). The molecule has 0 radical (unpaired) electrons. The summed E-state index contributed by atoms with van der Waals surface area (Å²) in [4.78, 5) is 2.23. The van der Waals surface area contributed by atoms with Gasteiger partial charge >= 0.3 is 0 Å². The Morgan fingerprint density at radius 3 is 2.65 bits per heavy atom. The van der Waals surface area contributed by atoms with Gasteiger partial charge < -0.3 is 15.7 Å². The average Bonchev–Trinajstić information content (AvgIpc) is 2.49. The maximum atomic E-state index is 11.7. The Labute approximate surface area is 120 Å². The Balaban J connectivity index is 2.34. The van der Waals surface area contributed by atoms with Crippen molar-refractivity contribution >= 4 is 21.2 Å². The van der Waals surface area contributed by atoms with Crippen LogP contribution in [0, 0.1) is 0 Å². The van der Waals surface area contributed by atoms with Crippen molar-refractivity contribution in [1.82, 2.24) is 0 Å². The molecule has 1 aliphatic heterocycles. The average molecular weight is 298 g/mol. The Hall–Kier alpha value is -1.27. The second-order valence-electron chi connectivity index (χ2n) is 5.80. The van der Waals surface area contributed by atoms with E-state index in [9.17, 15) is 13.5 Å². The Morgan fingerprint density at radius 2 is 2.00 bits per heavy atom. The van der Waals surface area contributed by atoms with Gasteiger partial charge in [0.2, 0.25) is 0 Å². The summed E-state index contributed by atoms with van der Waals surface area (Å²) in [6, 6.07) is 5.08. The molecule has 6 heteroatoms. The van der Waals surface area contributed by atoms with Crippen LogP contribution in [0.3, 0.4) is 0 Å². The molecule has 0 spiro atoms. The number of para-hydroxylation sites is 1. The number of hydrogen-bond donors (Lipinski definition) is 2. The molecular formula is C14H22N2O3S. The van der Waals surface area contributed by atoms with Gasteiger partial charge in [0.15, 0.2) is 9.84 Å². The summed E-state index contributed by atoms with van der Waals surface area (Å²) in [6.07, 6.45) is 3.41. The summed E-state index contributed by atoms with van der Waals surface area (Å²) in [5, 5.41) is 10.1. The highest BCUT2D eigenvalue weighted by molar-refractivity contribution is 7.90. The van der Waals surface area contributed by atoms with Crippen LogP contribution < -0.4 is 10.6 Å². The van der Waals surface area contributed by atoms with Gasteiger partial charge in [-0.2, -0.15) is 0 Å². The summed E-state index contributed by atoms with van der Waals surface area (Å²) in [5.41, 5.74) is 6.42. The molecule has 0 amide bonds. The number of nitrogens with zero attached hydrogens (tertiary/aromatic N) is 1. The van der Waals surface area contributed by atoms with Crippen LogP contribution in [0.1, 0.15) is 26.2 Å². The van der Waals surface area contributed by atoms with Gasteiger partial charge in [-0.1, -0.05) is 6.07 Å². The molecule has 3 N–H and O–H groups in total. The lowest BCUT2D eigenvalue weighted by Gasteiger charge is -2.26. The molecule has 1 aromatic rings. The predicted molar refractivity (Wildman–Crippen MR) is 80.7 cm³/mol. The van der Waals surface area contributed by atoms with Crippen LogP contribution in [-0.4, -0.2) is 38.5 Å². The van der Waals surface area contributed by atoms with Crippen LogP contribution in [-0.2, 0) is 9.84 Å². The monoisotopic (exact) mass is 298 g/mol. The smallest absolute Gasteiger partial charge is 0.177 e. The standard InChI is InChI=1S/C14H22N2O3S/c1-14(17)7-4-9-16(10-8-14)11-5-3-6-12(13(11)15)20(2,18)19/h3,5-6,17H,4,7-10,15H2,1-2H3. The number of aliphatic hydroxyl groups is 1. The number of anilines is 2. The third-order valence-corrected chi connectivity index (χ3v) is 5.00. The largest absolute Gasteiger partial charge is 0.396 e. The van der Waals surface area contributed by atoms with Crippen molar-refractivity contribution in [2.45, 2.75) is 36.7 Å². The first-order valence-corrected chi connectivity index (χ1v) is 8.66. The van der Waals surface area contributed by atoms with E-state index in [0.717, 1.165) is 31.3 Å². The number of hydrogen-bond acceptors (Lipinski definition) is 5. The van der Waals surface area contributed by atoms with Gasteiger partial charge in [0.05, 0.1) is 21.9 Å². The minimum Gasteiger partial charge on any atom is -0.396 e. The number of rotatable bonds is 2. The Kier molecular flexibility index (Phi) is 3.97. The first-order valence-electron chi connectivity index (χ1n) is 6.77. The molecule has 1 fully saturated rings.